The topological polar surface area (TPSA) is 91.6 Å². The van der Waals surface area contributed by atoms with Crippen LogP contribution in [0.3, 0.4) is 0 Å². The number of pyridine rings is 1. The van der Waals surface area contributed by atoms with E-state index in [4.69, 9.17) is 0 Å². The first kappa shape index (κ1) is 20.7. The van der Waals surface area contributed by atoms with Crippen LogP contribution in [0.4, 0.5) is 13.2 Å². The largest absolute Gasteiger partial charge is 0.503 e. The smallest absolute Gasteiger partial charge is 0.274 e. The average Bonchev–Trinajstić information content (AvgIpc) is 2.87. The molecular weight excluding hydrogens is 415 g/mol. The molecule has 2 aliphatic heterocycles. The monoisotopic (exact) mass is 433 g/mol. The molecule has 2 aromatic rings. The molecule has 1 aromatic heterocycles. The van der Waals surface area contributed by atoms with Crippen LogP contribution in [0.5, 0.6) is 5.75 Å². The first-order valence-electron chi connectivity index (χ1n) is 9.53. The fraction of sp³-hybridized carbons (Fsp3) is 0.286. The number of rotatable bonds is 3. The highest BCUT2D eigenvalue weighted by Gasteiger charge is 2.35. The second-order valence-corrected chi connectivity index (χ2v) is 7.59. The molecule has 4 rings (SSSR count). The summed E-state index contributed by atoms with van der Waals surface area (Å²) in [7, 11) is 0. The molecule has 31 heavy (non-hydrogen) atoms. The summed E-state index contributed by atoms with van der Waals surface area (Å²) in [6, 6.07) is 0.560. The molecule has 0 radical (unpaired) electrons. The van der Waals surface area contributed by atoms with Gasteiger partial charge in [0.05, 0.1) is 6.04 Å². The predicted molar refractivity (Wildman–Crippen MR) is 103 cm³/mol. The molecule has 2 amide bonds. The maximum Gasteiger partial charge on any atom is 0.274 e. The molecular formula is C21H18F3N3O4. The Labute approximate surface area is 174 Å². The highest BCUT2D eigenvalue weighted by atomic mass is 19.1. The predicted octanol–water partition coefficient (Wildman–Crippen LogP) is 2.25. The first-order valence-corrected chi connectivity index (χ1v) is 9.53. The van der Waals surface area contributed by atoms with E-state index in [9.17, 15) is 32.7 Å². The summed E-state index contributed by atoms with van der Waals surface area (Å²) < 4.78 is 42.0. The number of benzene rings is 1. The fourth-order valence-electron chi connectivity index (χ4n) is 3.85. The van der Waals surface area contributed by atoms with Gasteiger partial charge in [0.15, 0.2) is 11.4 Å². The summed E-state index contributed by atoms with van der Waals surface area (Å²) in [4.78, 5) is 39.4. The minimum absolute atomic E-state index is 0.209. The summed E-state index contributed by atoms with van der Waals surface area (Å²) in [6.45, 7) is 2.02. The lowest BCUT2D eigenvalue weighted by Gasteiger charge is -2.33. The van der Waals surface area contributed by atoms with Crippen molar-refractivity contribution in [1.29, 1.82) is 0 Å². The van der Waals surface area contributed by atoms with Crippen LogP contribution >= 0.6 is 0 Å². The SMILES string of the molecule is CC1=C[C@H]2CN(CC1)C(=O)c1c(O)c(=O)c(C(=O)NCc3c(F)cc(F)cc3F)cn12. The molecule has 1 aromatic carbocycles. The third-order valence-electron chi connectivity index (χ3n) is 5.49. The maximum absolute atomic E-state index is 13.8. The molecule has 0 spiro atoms. The van der Waals surface area contributed by atoms with Gasteiger partial charge in [-0.1, -0.05) is 11.6 Å². The Kier molecular flexibility index (Phi) is 5.08. The van der Waals surface area contributed by atoms with E-state index >= 15 is 0 Å². The van der Waals surface area contributed by atoms with E-state index in [1.165, 1.54) is 15.7 Å². The van der Waals surface area contributed by atoms with Gasteiger partial charge in [-0.2, -0.15) is 0 Å². The van der Waals surface area contributed by atoms with E-state index in [1.54, 1.807) is 0 Å². The molecule has 3 heterocycles. The number of carbonyl (C=O) groups is 2. The molecule has 7 nitrogen and oxygen atoms in total. The molecule has 0 unspecified atom stereocenters. The molecule has 0 saturated carbocycles. The van der Waals surface area contributed by atoms with E-state index in [0.29, 0.717) is 31.6 Å². The molecule has 0 aliphatic carbocycles. The lowest BCUT2D eigenvalue weighted by Crippen LogP contribution is -2.44. The normalized spacial score (nSPS) is 17.7. The lowest BCUT2D eigenvalue weighted by molar-refractivity contribution is 0.0687. The Bertz CT molecular complexity index is 1180. The molecule has 2 bridgehead atoms. The van der Waals surface area contributed by atoms with E-state index in [-0.39, 0.29) is 11.7 Å². The van der Waals surface area contributed by atoms with Crippen LogP contribution in [0, 0.1) is 17.5 Å². The van der Waals surface area contributed by atoms with Crippen LogP contribution in [0.15, 0.2) is 34.8 Å². The number of halogens is 3. The number of aromatic nitrogens is 1. The highest BCUT2D eigenvalue weighted by Crippen LogP contribution is 2.30. The zero-order valence-electron chi connectivity index (χ0n) is 16.4. The minimum atomic E-state index is -1.19. The summed E-state index contributed by atoms with van der Waals surface area (Å²) in [5.41, 5.74) is -1.33. The van der Waals surface area contributed by atoms with Crippen molar-refractivity contribution in [3.8, 4) is 5.75 Å². The standard InChI is InChI=1S/C21H18F3N3O4/c1-10-2-3-26-8-12(4-10)27-9-14(18(28)19(29)17(27)21(26)31)20(30)25-7-13-15(23)5-11(22)6-16(13)24/h4-6,9,12,29H,2-3,7-8H2,1H3,(H,25,30)/t12-/m0/s1. The Balaban J connectivity index is 1.70. The van der Waals surface area contributed by atoms with Crippen molar-refractivity contribution in [2.24, 2.45) is 0 Å². The van der Waals surface area contributed by atoms with Gasteiger partial charge in [-0.3, -0.25) is 14.4 Å². The third kappa shape index (κ3) is 3.58. The average molecular weight is 433 g/mol. The fourth-order valence-corrected chi connectivity index (χ4v) is 3.85. The van der Waals surface area contributed by atoms with Gasteiger partial charge in [0, 0.05) is 43.5 Å². The highest BCUT2D eigenvalue weighted by molar-refractivity contribution is 5.99. The van der Waals surface area contributed by atoms with E-state index in [1.807, 2.05) is 13.0 Å². The van der Waals surface area contributed by atoms with Crippen molar-refractivity contribution in [2.75, 3.05) is 13.1 Å². The van der Waals surface area contributed by atoms with Gasteiger partial charge < -0.3 is 19.9 Å². The number of fused-ring (bicyclic) bond motifs is 4. The van der Waals surface area contributed by atoms with Crippen LogP contribution in [-0.4, -0.2) is 39.5 Å². The van der Waals surface area contributed by atoms with E-state index in [2.05, 4.69) is 5.32 Å². The molecule has 0 saturated heterocycles. The number of nitrogens with one attached hydrogen (secondary N) is 1. The summed E-state index contributed by atoms with van der Waals surface area (Å²) in [6.07, 6.45) is 3.70. The second kappa shape index (κ2) is 7.60. The number of nitrogens with zero attached hydrogens (tertiary/aromatic N) is 2. The zero-order valence-corrected chi connectivity index (χ0v) is 16.4. The number of hydrogen-bond donors (Lipinski definition) is 2. The van der Waals surface area contributed by atoms with E-state index in [0.717, 1.165) is 5.57 Å². The molecule has 2 N–H and O–H groups in total. The van der Waals surface area contributed by atoms with Crippen molar-refractivity contribution in [3.05, 3.63) is 74.5 Å². The third-order valence-corrected chi connectivity index (χ3v) is 5.49. The Hall–Kier alpha value is -3.56. The van der Waals surface area contributed by atoms with Gasteiger partial charge in [-0.25, -0.2) is 13.2 Å². The second-order valence-electron chi connectivity index (χ2n) is 7.59. The van der Waals surface area contributed by atoms with Gasteiger partial charge in [-0.15, -0.1) is 0 Å². The number of carbonyl (C=O) groups excluding carboxylic acids is 2. The summed E-state index contributed by atoms with van der Waals surface area (Å²) in [5.74, 6) is -5.85. The Morgan fingerprint density at radius 1 is 1.23 bits per heavy atom. The van der Waals surface area contributed by atoms with Crippen LogP contribution in [0.25, 0.3) is 0 Å². The van der Waals surface area contributed by atoms with Gasteiger partial charge >= 0.3 is 0 Å². The van der Waals surface area contributed by atoms with Gasteiger partial charge in [0.2, 0.25) is 5.43 Å². The molecule has 2 aliphatic rings. The summed E-state index contributed by atoms with van der Waals surface area (Å²) >= 11 is 0. The molecule has 0 fully saturated rings. The molecule has 162 valence electrons. The first-order chi connectivity index (χ1) is 14.7. The quantitative estimate of drug-likeness (QED) is 0.727. The van der Waals surface area contributed by atoms with Crippen molar-refractivity contribution in [2.45, 2.75) is 25.9 Å². The van der Waals surface area contributed by atoms with Crippen molar-refractivity contribution in [1.82, 2.24) is 14.8 Å². The number of aromatic hydroxyl groups is 1. The minimum Gasteiger partial charge on any atom is -0.503 e. The zero-order chi connectivity index (χ0) is 22.4. The van der Waals surface area contributed by atoms with Crippen LogP contribution in [-0.2, 0) is 6.54 Å². The Morgan fingerprint density at radius 3 is 2.58 bits per heavy atom. The molecule has 1 atom stereocenters. The van der Waals surface area contributed by atoms with Crippen LogP contribution in [0.2, 0.25) is 0 Å². The van der Waals surface area contributed by atoms with Gasteiger partial charge in [0.1, 0.15) is 23.0 Å². The number of amides is 2. The van der Waals surface area contributed by atoms with Crippen LogP contribution in [0.1, 0.15) is 45.8 Å². The van der Waals surface area contributed by atoms with Crippen LogP contribution < -0.4 is 10.7 Å². The van der Waals surface area contributed by atoms with E-state index < -0.39 is 58.1 Å². The van der Waals surface area contributed by atoms with Crippen molar-refractivity contribution >= 4 is 11.8 Å². The lowest BCUT2D eigenvalue weighted by atomic mass is 10.1. The maximum atomic E-state index is 13.8. The van der Waals surface area contributed by atoms with Gasteiger partial charge in [-0.05, 0) is 13.3 Å². The van der Waals surface area contributed by atoms with Gasteiger partial charge in [0.25, 0.3) is 11.8 Å². The number of hydrogen-bond acceptors (Lipinski definition) is 4. The summed E-state index contributed by atoms with van der Waals surface area (Å²) in [5, 5.41) is 12.6. The van der Waals surface area contributed by atoms with Crippen molar-refractivity contribution < 1.29 is 27.9 Å². The molecule has 10 heteroatoms. The Morgan fingerprint density at radius 2 is 1.90 bits per heavy atom. The van der Waals surface area contributed by atoms with Crippen molar-refractivity contribution in [3.63, 3.8) is 0 Å².